The Morgan fingerprint density at radius 3 is 2.78 bits per heavy atom. The van der Waals surface area contributed by atoms with Gasteiger partial charge < -0.3 is 10.6 Å². The zero-order valence-electron chi connectivity index (χ0n) is 14.6. The summed E-state index contributed by atoms with van der Waals surface area (Å²) in [5.41, 5.74) is 1.01. The minimum absolute atomic E-state index is 0.00356. The van der Waals surface area contributed by atoms with Crippen molar-refractivity contribution in [1.29, 1.82) is 0 Å². The lowest BCUT2D eigenvalue weighted by molar-refractivity contribution is 0.598. The summed E-state index contributed by atoms with van der Waals surface area (Å²) in [5.74, 6) is 0.958. The van der Waals surface area contributed by atoms with Gasteiger partial charge >= 0.3 is 0 Å². The minimum atomic E-state index is -3.38. The molecule has 3 aromatic rings. The van der Waals surface area contributed by atoms with Crippen molar-refractivity contribution in [2.24, 2.45) is 0 Å². The molecule has 0 amide bonds. The van der Waals surface area contributed by atoms with Gasteiger partial charge in [-0.05, 0) is 18.1 Å². The topological polar surface area (TPSA) is 126 Å². The van der Waals surface area contributed by atoms with Gasteiger partial charge in [0.2, 0.25) is 5.95 Å². The lowest BCUT2D eigenvalue weighted by atomic mass is 10.1. The van der Waals surface area contributed by atoms with Crippen molar-refractivity contribution < 1.29 is 8.42 Å². The highest BCUT2D eigenvalue weighted by Crippen LogP contribution is 2.26. The Hall–Kier alpha value is -2.72. The first-order valence-electron chi connectivity index (χ1n) is 8.08. The van der Waals surface area contributed by atoms with Crippen LogP contribution in [0.2, 0.25) is 5.02 Å². The van der Waals surface area contributed by atoms with Gasteiger partial charge in [0, 0.05) is 24.7 Å². The molecular weight excluding hydrogens is 390 g/mol. The fourth-order valence-electron chi connectivity index (χ4n) is 2.36. The number of hydrogen-bond donors (Lipinski definition) is 3. The highest BCUT2D eigenvalue weighted by Gasteiger charge is 2.15. The van der Waals surface area contributed by atoms with Crippen LogP contribution >= 0.6 is 11.6 Å². The second kappa shape index (κ2) is 7.89. The number of hydrogen-bond acceptors (Lipinski definition) is 8. The van der Waals surface area contributed by atoms with Crippen LogP contribution in [0.5, 0.6) is 0 Å². The molecule has 0 aliphatic heterocycles. The third-order valence-corrected chi connectivity index (χ3v) is 5.03. The van der Waals surface area contributed by atoms with Crippen molar-refractivity contribution in [2.75, 3.05) is 16.9 Å². The number of aromatic amines is 1. The van der Waals surface area contributed by atoms with Gasteiger partial charge in [0.15, 0.2) is 26.5 Å². The van der Waals surface area contributed by atoms with E-state index in [1.165, 1.54) is 12.3 Å². The van der Waals surface area contributed by atoms with E-state index in [1.54, 1.807) is 12.4 Å². The number of anilines is 3. The number of H-pyrrole nitrogens is 1. The van der Waals surface area contributed by atoms with Crippen LogP contribution < -0.4 is 10.6 Å². The summed E-state index contributed by atoms with van der Waals surface area (Å²) in [7, 11) is -3.38. The van der Waals surface area contributed by atoms with Crippen molar-refractivity contribution in [1.82, 2.24) is 25.1 Å². The Morgan fingerprint density at radius 2 is 2.15 bits per heavy atom. The summed E-state index contributed by atoms with van der Waals surface area (Å²) < 4.78 is 23.1. The van der Waals surface area contributed by atoms with E-state index in [1.807, 2.05) is 19.1 Å². The van der Waals surface area contributed by atoms with Crippen molar-refractivity contribution in [3.63, 3.8) is 0 Å². The van der Waals surface area contributed by atoms with Gasteiger partial charge in [0.1, 0.15) is 5.02 Å². The van der Waals surface area contributed by atoms with Crippen LogP contribution in [0.3, 0.4) is 0 Å². The van der Waals surface area contributed by atoms with Crippen LogP contribution in [0.1, 0.15) is 24.9 Å². The third kappa shape index (κ3) is 4.72. The number of pyridine rings is 1. The van der Waals surface area contributed by atoms with Gasteiger partial charge in [0.05, 0.1) is 12.2 Å². The molecular formula is C16H18ClN7O2S. The molecule has 0 aliphatic carbocycles. The Kier molecular flexibility index (Phi) is 5.57. The van der Waals surface area contributed by atoms with Gasteiger partial charge in [-0.15, -0.1) is 0 Å². The highest BCUT2D eigenvalue weighted by molar-refractivity contribution is 7.90. The molecule has 3 heterocycles. The van der Waals surface area contributed by atoms with Crippen LogP contribution in [0, 0.1) is 0 Å². The Bertz CT molecular complexity index is 1020. The van der Waals surface area contributed by atoms with Crippen molar-refractivity contribution >= 4 is 39.0 Å². The van der Waals surface area contributed by atoms with Crippen LogP contribution in [-0.2, 0) is 9.84 Å². The summed E-state index contributed by atoms with van der Waals surface area (Å²) in [6.07, 6.45) is 6.85. The number of sulfone groups is 1. The predicted octanol–water partition coefficient (Wildman–Crippen LogP) is 2.96. The van der Waals surface area contributed by atoms with E-state index in [0.29, 0.717) is 11.8 Å². The molecule has 0 saturated heterocycles. The summed E-state index contributed by atoms with van der Waals surface area (Å²) in [6, 6.07) is 5.19. The quantitative estimate of drug-likeness (QED) is 0.545. The van der Waals surface area contributed by atoms with Crippen LogP contribution in [0.4, 0.5) is 17.6 Å². The maximum absolute atomic E-state index is 11.5. The average Bonchev–Trinajstić information content (AvgIpc) is 3.12. The second-order valence-corrected chi connectivity index (χ2v) is 8.19. The number of nitrogens with zero attached hydrogens (tertiary/aromatic N) is 4. The largest absolute Gasteiger partial charge is 0.347 e. The van der Waals surface area contributed by atoms with E-state index in [-0.39, 0.29) is 21.9 Å². The third-order valence-electron chi connectivity index (χ3n) is 3.74. The number of aromatic nitrogens is 5. The Balaban J connectivity index is 1.81. The molecule has 0 aliphatic rings. The lowest BCUT2D eigenvalue weighted by Crippen LogP contribution is -2.13. The summed E-state index contributed by atoms with van der Waals surface area (Å²) in [4.78, 5) is 12.7. The molecule has 1 unspecified atom stereocenters. The van der Waals surface area contributed by atoms with E-state index >= 15 is 0 Å². The first kappa shape index (κ1) is 19.1. The van der Waals surface area contributed by atoms with Crippen molar-refractivity contribution in [3.05, 3.63) is 47.4 Å². The molecule has 0 aromatic carbocycles. The molecule has 3 N–H and O–H groups in total. The van der Waals surface area contributed by atoms with E-state index in [0.717, 1.165) is 18.2 Å². The summed E-state index contributed by atoms with van der Waals surface area (Å²) >= 11 is 6.15. The predicted molar refractivity (Wildman–Crippen MR) is 103 cm³/mol. The molecule has 3 aromatic heterocycles. The number of halogens is 1. The Labute approximate surface area is 161 Å². The minimum Gasteiger partial charge on any atom is -0.347 e. The highest BCUT2D eigenvalue weighted by atomic mass is 35.5. The molecule has 0 fully saturated rings. The maximum atomic E-state index is 11.5. The molecule has 9 nitrogen and oxygen atoms in total. The van der Waals surface area contributed by atoms with Crippen LogP contribution in [0.15, 0.2) is 41.8 Å². The molecule has 0 bridgehead atoms. The molecule has 0 radical (unpaired) electrons. The van der Waals surface area contributed by atoms with Crippen molar-refractivity contribution in [3.8, 4) is 0 Å². The zero-order valence-corrected chi connectivity index (χ0v) is 16.2. The second-order valence-electron chi connectivity index (χ2n) is 5.80. The maximum Gasteiger partial charge on any atom is 0.225 e. The van der Waals surface area contributed by atoms with Crippen molar-refractivity contribution in [2.45, 2.75) is 24.4 Å². The van der Waals surface area contributed by atoms with Gasteiger partial charge in [-0.3, -0.25) is 10.1 Å². The van der Waals surface area contributed by atoms with E-state index in [2.05, 4.69) is 35.8 Å². The number of rotatable bonds is 7. The lowest BCUT2D eigenvalue weighted by Gasteiger charge is -2.17. The van der Waals surface area contributed by atoms with Gasteiger partial charge in [0.25, 0.3) is 0 Å². The molecule has 11 heteroatoms. The average molecular weight is 408 g/mol. The summed E-state index contributed by atoms with van der Waals surface area (Å²) in [6.45, 7) is 2.04. The van der Waals surface area contributed by atoms with E-state index in [9.17, 15) is 8.42 Å². The monoisotopic (exact) mass is 407 g/mol. The first-order chi connectivity index (χ1) is 12.9. The van der Waals surface area contributed by atoms with E-state index in [4.69, 9.17) is 11.6 Å². The number of nitrogens with one attached hydrogen (secondary N) is 3. The molecule has 1 atom stereocenters. The molecule has 0 saturated carbocycles. The SMILES string of the molecule is CCC(Nc1ncc(Cl)c(Nc2cc(S(C)(=O)=O)[nH]n2)n1)c1cccnc1. The van der Waals surface area contributed by atoms with Gasteiger partial charge in [-0.25, -0.2) is 13.4 Å². The molecule has 27 heavy (non-hydrogen) atoms. The normalized spacial score (nSPS) is 12.6. The fourth-order valence-corrected chi connectivity index (χ4v) is 3.04. The first-order valence-corrected chi connectivity index (χ1v) is 10.3. The van der Waals surface area contributed by atoms with E-state index < -0.39 is 9.84 Å². The molecule has 0 spiro atoms. The van der Waals surface area contributed by atoms with Gasteiger partial charge in [-0.2, -0.15) is 10.1 Å². The fraction of sp³-hybridized carbons (Fsp3) is 0.250. The molecule has 142 valence electrons. The zero-order chi connectivity index (χ0) is 19.4. The Morgan fingerprint density at radius 1 is 1.33 bits per heavy atom. The molecule has 3 rings (SSSR count). The van der Waals surface area contributed by atoms with Crippen LogP contribution in [-0.4, -0.2) is 39.8 Å². The van der Waals surface area contributed by atoms with Gasteiger partial charge in [-0.1, -0.05) is 24.6 Å². The standard InChI is InChI=1S/C16H18ClN7O2S/c1-3-12(10-5-4-6-18-8-10)20-16-19-9-11(17)15(22-16)21-13-7-14(24-23-13)27(2,25)26/h4-9,12H,3H2,1-2H3,(H3,19,20,21,22,23,24). The smallest absolute Gasteiger partial charge is 0.225 e. The summed E-state index contributed by atoms with van der Waals surface area (Å²) in [5, 5.41) is 12.8. The van der Waals surface area contributed by atoms with Crippen LogP contribution in [0.25, 0.3) is 0 Å².